The Morgan fingerprint density at radius 3 is 2.47 bits per heavy atom. The van der Waals surface area contributed by atoms with Gasteiger partial charge in [-0.15, -0.1) is 0 Å². The minimum absolute atomic E-state index is 0.212. The van der Waals surface area contributed by atoms with Crippen LogP contribution in [0.5, 0.6) is 0 Å². The fourth-order valence-electron chi connectivity index (χ4n) is 2.45. The molecule has 2 aliphatic rings. The summed E-state index contributed by atoms with van der Waals surface area (Å²) in [6.07, 6.45) is 1.45. The molecule has 1 spiro atoms. The van der Waals surface area contributed by atoms with Crippen LogP contribution in [0, 0.1) is 0 Å². The minimum atomic E-state index is -0.837. The Balaban J connectivity index is 1.90. The number of hydrogen-bond acceptors (Lipinski definition) is 5. The number of piperidine rings is 1. The molecule has 2 rings (SSSR count). The molecule has 2 fully saturated rings. The first-order valence-electron chi connectivity index (χ1n) is 5.90. The van der Waals surface area contributed by atoms with Crippen molar-refractivity contribution in [3.63, 3.8) is 0 Å². The third-order valence-corrected chi connectivity index (χ3v) is 3.42. The Hall–Kier alpha value is -0.690. The summed E-state index contributed by atoms with van der Waals surface area (Å²) in [5, 5.41) is 9.13. The topological polar surface area (TPSA) is 68.2 Å². The van der Waals surface area contributed by atoms with Gasteiger partial charge in [0.05, 0.1) is 19.8 Å². The van der Waals surface area contributed by atoms with E-state index in [0.29, 0.717) is 26.3 Å². The lowest BCUT2D eigenvalue weighted by Gasteiger charge is -2.39. The van der Waals surface area contributed by atoms with Gasteiger partial charge in [0.1, 0.15) is 6.04 Å². The number of carbonyl (C=O) groups is 1. The predicted octanol–water partition coefficient (Wildman–Crippen LogP) is -0.0751. The van der Waals surface area contributed by atoms with Crippen LogP contribution in [0.15, 0.2) is 0 Å². The van der Waals surface area contributed by atoms with E-state index in [2.05, 4.69) is 0 Å². The highest BCUT2D eigenvalue weighted by Gasteiger charge is 2.42. The van der Waals surface area contributed by atoms with Crippen molar-refractivity contribution in [3.05, 3.63) is 0 Å². The van der Waals surface area contributed by atoms with Crippen LogP contribution < -0.4 is 0 Å². The molecule has 98 valence electrons. The molecule has 17 heavy (non-hydrogen) atoms. The van der Waals surface area contributed by atoms with Crippen LogP contribution in [0.3, 0.4) is 0 Å². The van der Waals surface area contributed by atoms with Gasteiger partial charge in [-0.3, -0.25) is 9.69 Å². The SMILES string of the molecule is COCC(C(=O)O)N1CCC2(CC1)OCCO2. The van der Waals surface area contributed by atoms with E-state index in [0.717, 1.165) is 12.8 Å². The van der Waals surface area contributed by atoms with Gasteiger partial charge < -0.3 is 19.3 Å². The zero-order valence-electron chi connectivity index (χ0n) is 10.1. The Morgan fingerprint density at radius 1 is 1.41 bits per heavy atom. The molecular weight excluding hydrogens is 226 g/mol. The molecule has 6 heteroatoms. The average Bonchev–Trinajstić information content (AvgIpc) is 2.76. The van der Waals surface area contributed by atoms with E-state index in [1.807, 2.05) is 4.90 Å². The monoisotopic (exact) mass is 245 g/mol. The second-order valence-electron chi connectivity index (χ2n) is 4.45. The van der Waals surface area contributed by atoms with Gasteiger partial charge in [-0.2, -0.15) is 0 Å². The molecule has 2 heterocycles. The van der Waals surface area contributed by atoms with Crippen LogP contribution in [-0.4, -0.2) is 67.8 Å². The first-order chi connectivity index (χ1) is 8.17. The summed E-state index contributed by atoms with van der Waals surface area (Å²) in [6.45, 7) is 2.82. The summed E-state index contributed by atoms with van der Waals surface area (Å²) in [5.41, 5.74) is 0. The Labute approximate surface area is 100 Å². The lowest BCUT2D eigenvalue weighted by atomic mass is 10.0. The molecule has 1 N–H and O–H groups in total. The van der Waals surface area contributed by atoms with Crippen molar-refractivity contribution < 1.29 is 24.1 Å². The third-order valence-electron chi connectivity index (χ3n) is 3.42. The van der Waals surface area contributed by atoms with Crippen LogP contribution in [0.1, 0.15) is 12.8 Å². The highest BCUT2D eigenvalue weighted by molar-refractivity contribution is 5.73. The quantitative estimate of drug-likeness (QED) is 0.747. The van der Waals surface area contributed by atoms with Gasteiger partial charge in [0.15, 0.2) is 5.79 Å². The maximum Gasteiger partial charge on any atom is 0.323 e. The molecule has 0 radical (unpaired) electrons. The Morgan fingerprint density at radius 2 is 2.00 bits per heavy atom. The van der Waals surface area contributed by atoms with E-state index in [1.165, 1.54) is 7.11 Å². The molecule has 0 aromatic rings. The second kappa shape index (κ2) is 5.30. The number of rotatable bonds is 4. The summed E-state index contributed by atoms with van der Waals surface area (Å²) in [5.74, 6) is -1.29. The van der Waals surface area contributed by atoms with Gasteiger partial charge in [-0.1, -0.05) is 0 Å². The highest BCUT2D eigenvalue weighted by Crippen LogP contribution is 2.31. The maximum absolute atomic E-state index is 11.1. The van der Waals surface area contributed by atoms with Gasteiger partial charge in [-0.05, 0) is 0 Å². The largest absolute Gasteiger partial charge is 0.480 e. The van der Waals surface area contributed by atoms with Gasteiger partial charge in [-0.25, -0.2) is 0 Å². The van der Waals surface area contributed by atoms with Crippen molar-refractivity contribution in [1.82, 2.24) is 4.90 Å². The van der Waals surface area contributed by atoms with Crippen LogP contribution in [0.25, 0.3) is 0 Å². The molecule has 1 atom stereocenters. The maximum atomic E-state index is 11.1. The number of hydrogen-bond donors (Lipinski definition) is 1. The fraction of sp³-hybridized carbons (Fsp3) is 0.909. The number of nitrogens with zero attached hydrogens (tertiary/aromatic N) is 1. The van der Waals surface area contributed by atoms with E-state index in [4.69, 9.17) is 19.3 Å². The van der Waals surface area contributed by atoms with Crippen LogP contribution >= 0.6 is 0 Å². The van der Waals surface area contributed by atoms with Gasteiger partial charge in [0.2, 0.25) is 0 Å². The van der Waals surface area contributed by atoms with Crippen LogP contribution in [-0.2, 0) is 19.0 Å². The molecule has 0 aromatic carbocycles. The van der Waals surface area contributed by atoms with Crippen LogP contribution in [0.2, 0.25) is 0 Å². The molecule has 0 aliphatic carbocycles. The number of ether oxygens (including phenoxy) is 3. The summed E-state index contributed by atoms with van der Waals surface area (Å²) >= 11 is 0. The van der Waals surface area contributed by atoms with E-state index in [-0.39, 0.29) is 6.61 Å². The lowest BCUT2D eigenvalue weighted by Crippen LogP contribution is -2.52. The summed E-state index contributed by atoms with van der Waals surface area (Å²) < 4.78 is 16.2. The Kier molecular flexibility index (Phi) is 3.98. The normalized spacial score (nSPS) is 26.2. The molecule has 2 saturated heterocycles. The molecule has 6 nitrogen and oxygen atoms in total. The van der Waals surface area contributed by atoms with E-state index in [1.54, 1.807) is 0 Å². The lowest BCUT2D eigenvalue weighted by molar-refractivity contribution is -0.191. The summed E-state index contributed by atoms with van der Waals surface area (Å²) in [7, 11) is 1.52. The van der Waals surface area contributed by atoms with Crippen molar-refractivity contribution in [1.29, 1.82) is 0 Å². The molecule has 1 unspecified atom stereocenters. The molecule has 0 saturated carbocycles. The number of aliphatic carboxylic acids is 1. The van der Waals surface area contributed by atoms with Crippen molar-refractivity contribution in [2.24, 2.45) is 0 Å². The first kappa shape index (κ1) is 12.8. The van der Waals surface area contributed by atoms with Gasteiger partial charge >= 0.3 is 5.97 Å². The second-order valence-corrected chi connectivity index (χ2v) is 4.45. The third kappa shape index (κ3) is 2.77. The van der Waals surface area contributed by atoms with Gasteiger partial charge in [0, 0.05) is 33.0 Å². The number of carboxylic acid groups (broad SMARTS) is 1. The van der Waals surface area contributed by atoms with E-state index >= 15 is 0 Å². The number of methoxy groups -OCH3 is 1. The van der Waals surface area contributed by atoms with Crippen molar-refractivity contribution >= 4 is 5.97 Å². The van der Waals surface area contributed by atoms with Gasteiger partial charge in [0.25, 0.3) is 0 Å². The fourth-order valence-corrected chi connectivity index (χ4v) is 2.45. The van der Waals surface area contributed by atoms with Crippen molar-refractivity contribution in [3.8, 4) is 0 Å². The van der Waals surface area contributed by atoms with Crippen molar-refractivity contribution in [2.45, 2.75) is 24.7 Å². The molecule has 0 aromatic heterocycles. The number of likely N-dealkylation sites (tertiary alicyclic amines) is 1. The minimum Gasteiger partial charge on any atom is -0.480 e. The standard InChI is InChI=1S/C11H19NO5/c1-15-8-9(10(13)14)12-4-2-11(3-5-12)16-6-7-17-11/h9H,2-8H2,1H3,(H,13,14). The first-order valence-corrected chi connectivity index (χ1v) is 5.90. The predicted molar refractivity (Wildman–Crippen MR) is 58.7 cm³/mol. The molecule has 0 amide bonds. The van der Waals surface area contributed by atoms with Crippen LogP contribution in [0.4, 0.5) is 0 Å². The summed E-state index contributed by atoms with van der Waals surface area (Å²) in [6, 6.07) is -0.571. The average molecular weight is 245 g/mol. The highest BCUT2D eigenvalue weighted by atomic mass is 16.7. The number of carboxylic acids is 1. The van der Waals surface area contributed by atoms with E-state index < -0.39 is 17.8 Å². The Bertz CT molecular complexity index is 267. The smallest absolute Gasteiger partial charge is 0.323 e. The molecule has 0 bridgehead atoms. The summed E-state index contributed by atoms with van der Waals surface area (Å²) in [4.78, 5) is 13.0. The zero-order valence-corrected chi connectivity index (χ0v) is 10.1. The molecular formula is C11H19NO5. The van der Waals surface area contributed by atoms with E-state index in [9.17, 15) is 4.79 Å². The zero-order chi connectivity index (χ0) is 12.3. The van der Waals surface area contributed by atoms with Crippen molar-refractivity contribution in [2.75, 3.05) is 40.0 Å². The molecule has 2 aliphatic heterocycles.